The lowest BCUT2D eigenvalue weighted by molar-refractivity contribution is -0.121. The van der Waals surface area contributed by atoms with E-state index in [1.165, 1.54) is 17.7 Å². The number of nitrogens with one attached hydrogen (secondary N) is 1. The van der Waals surface area contributed by atoms with Gasteiger partial charge >= 0.3 is 0 Å². The predicted molar refractivity (Wildman–Crippen MR) is 181 cm³/mol. The van der Waals surface area contributed by atoms with Crippen LogP contribution in [0.25, 0.3) is 39.1 Å². The first-order valence-electron chi connectivity index (χ1n) is 15.1. The van der Waals surface area contributed by atoms with Gasteiger partial charge in [0.05, 0.1) is 23.1 Å². The fourth-order valence-corrected chi connectivity index (χ4v) is 5.31. The average Bonchev–Trinajstić information content (AvgIpc) is 3.51. The van der Waals surface area contributed by atoms with Crippen LogP contribution in [0.5, 0.6) is 5.75 Å². The Hall–Kier alpha value is -5.60. The molecule has 6 rings (SSSR count). The normalized spacial score (nSPS) is 12.2. The molecule has 0 saturated carbocycles. The number of hydrogen-bond donors (Lipinski definition) is 3. The Morgan fingerprint density at radius 3 is 2.28 bits per heavy atom. The number of aromatic hydroxyl groups is 1. The van der Waals surface area contributed by atoms with Crippen LogP contribution in [0.3, 0.4) is 0 Å². The van der Waals surface area contributed by atoms with Crippen molar-refractivity contribution in [1.82, 2.24) is 20.1 Å². The Balaban J connectivity index is 1.32. The summed E-state index contributed by atoms with van der Waals surface area (Å²) >= 11 is 0. The monoisotopic (exact) mass is 609 g/mol. The summed E-state index contributed by atoms with van der Waals surface area (Å²) in [5.41, 5.74) is 12.2. The highest BCUT2D eigenvalue weighted by atomic mass is 16.3. The van der Waals surface area contributed by atoms with Crippen molar-refractivity contribution in [3.63, 3.8) is 0 Å². The maximum absolute atomic E-state index is 13.2. The topological polar surface area (TPSA) is 123 Å². The Morgan fingerprint density at radius 2 is 1.57 bits per heavy atom. The smallest absolute Gasteiger partial charge is 0.257 e. The van der Waals surface area contributed by atoms with E-state index in [1.54, 1.807) is 30.3 Å². The number of aromatic nitrogens is 3. The molecule has 0 spiro atoms. The predicted octanol–water partition coefficient (Wildman–Crippen LogP) is 6.58. The number of carbonyl (C=O) groups excluding carboxylic acids is 2. The number of nitrogens with zero attached hydrogens (tertiary/aromatic N) is 3. The molecule has 0 aliphatic carbocycles. The molecule has 0 fully saturated rings. The summed E-state index contributed by atoms with van der Waals surface area (Å²) in [5.74, 6) is -1.01. The fourth-order valence-electron chi connectivity index (χ4n) is 5.31. The number of phenols is 1. The SMILES string of the molecule is CC(C)(C)c1ccc(-n2nc(-c3cc4ccccc4cn3)cc2-c2cccc(C(=O)NC(=O)[C@@H](N)Cc3ccc(O)cc3)c2)cc1. The minimum atomic E-state index is -0.939. The van der Waals surface area contributed by atoms with Gasteiger partial charge in [0, 0.05) is 22.7 Å². The molecule has 8 nitrogen and oxygen atoms in total. The number of pyridine rings is 1. The first-order chi connectivity index (χ1) is 22.0. The molecule has 46 heavy (non-hydrogen) atoms. The number of phenolic OH excluding ortho intramolecular Hbond substituents is 1. The van der Waals surface area contributed by atoms with Crippen LogP contribution >= 0.6 is 0 Å². The van der Waals surface area contributed by atoms with E-state index in [1.807, 2.05) is 65.5 Å². The molecule has 4 N–H and O–H groups in total. The van der Waals surface area contributed by atoms with Crippen molar-refractivity contribution in [2.45, 2.75) is 38.6 Å². The Kier molecular flexibility index (Phi) is 8.21. The van der Waals surface area contributed by atoms with E-state index in [2.05, 4.69) is 38.2 Å². The summed E-state index contributed by atoms with van der Waals surface area (Å²) in [6.07, 6.45) is 2.06. The van der Waals surface area contributed by atoms with Crippen molar-refractivity contribution in [2.75, 3.05) is 0 Å². The Morgan fingerprint density at radius 1 is 0.848 bits per heavy atom. The van der Waals surface area contributed by atoms with Crippen LogP contribution < -0.4 is 11.1 Å². The third-order valence-electron chi connectivity index (χ3n) is 7.97. The molecule has 0 unspecified atom stereocenters. The Labute approximate surface area is 267 Å². The number of imide groups is 1. The molecule has 230 valence electrons. The number of nitrogens with two attached hydrogens (primary N) is 1. The summed E-state index contributed by atoms with van der Waals surface area (Å²) in [6.45, 7) is 6.52. The number of rotatable bonds is 7. The summed E-state index contributed by atoms with van der Waals surface area (Å²) in [5, 5.41) is 19.0. The molecule has 6 aromatic rings. The molecule has 1 atom stereocenters. The van der Waals surface area contributed by atoms with Gasteiger partial charge in [0.25, 0.3) is 5.91 Å². The number of amides is 2. The highest BCUT2D eigenvalue weighted by Crippen LogP contribution is 2.31. The van der Waals surface area contributed by atoms with Crippen LogP contribution in [0.1, 0.15) is 42.3 Å². The van der Waals surface area contributed by atoms with Crippen molar-refractivity contribution >= 4 is 22.6 Å². The van der Waals surface area contributed by atoms with Gasteiger partial charge < -0.3 is 10.8 Å². The maximum Gasteiger partial charge on any atom is 0.257 e. The second-order valence-electron chi connectivity index (χ2n) is 12.4. The lowest BCUT2D eigenvalue weighted by Gasteiger charge is -2.19. The highest BCUT2D eigenvalue weighted by molar-refractivity contribution is 6.06. The van der Waals surface area contributed by atoms with E-state index in [-0.39, 0.29) is 17.6 Å². The molecule has 0 radical (unpaired) electrons. The minimum absolute atomic E-state index is 0.00261. The average molecular weight is 610 g/mol. The van der Waals surface area contributed by atoms with E-state index < -0.39 is 17.9 Å². The molecule has 2 aromatic heterocycles. The quantitative estimate of drug-likeness (QED) is 0.188. The molecule has 0 bridgehead atoms. The summed E-state index contributed by atoms with van der Waals surface area (Å²) in [7, 11) is 0. The second kappa shape index (κ2) is 12.4. The van der Waals surface area contributed by atoms with Gasteiger partial charge in [-0.15, -0.1) is 0 Å². The van der Waals surface area contributed by atoms with Gasteiger partial charge in [0.1, 0.15) is 11.4 Å². The van der Waals surface area contributed by atoms with Crippen LogP contribution in [-0.4, -0.2) is 37.7 Å². The van der Waals surface area contributed by atoms with Gasteiger partial charge in [0.2, 0.25) is 5.91 Å². The van der Waals surface area contributed by atoms with E-state index in [0.717, 1.165) is 39.0 Å². The summed E-state index contributed by atoms with van der Waals surface area (Å²) < 4.78 is 1.86. The van der Waals surface area contributed by atoms with E-state index >= 15 is 0 Å². The molecule has 0 aliphatic heterocycles. The van der Waals surface area contributed by atoms with Crippen molar-refractivity contribution < 1.29 is 14.7 Å². The zero-order chi connectivity index (χ0) is 32.4. The molecule has 4 aromatic carbocycles. The van der Waals surface area contributed by atoms with Gasteiger partial charge in [-0.1, -0.05) is 81.4 Å². The fraction of sp³-hybridized carbons (Fsp3) is 0.158. The zero-order valence-corrected chi connectivity index (χ0v) is 25.9. The molecular formula is C38H35N5O3. The molecule has 2 amide bonds. The standard InChI is InChI=1S/C38H35N5O3/c1-38(2,3)29-13-15-30(16-14-29)43-35(22-34(42-43)33-21-25-7-4-5-8-28(25)23-40-33)26-9-6-10-27(20-26)36(45)41-37(46)32(39)19-24-11-17-31(44)18-12-24/h4-18,20-23,32,44H,19,39H2,1-3H3,(H,41,45,46)/t32-/m0/s1. The van der Waals surface area contributed by atoms with Crippen LogP contribution in [0.15, 0.2) is 115 Å². The van der Waals surface area contributed by atoms with Gasteiger partial charge in [-0.05, 0) is 76.9 Å². The van der Waals surface area contributed by atoms with E-state index in [4.69, 9.17) is 15.8 Å². The summed E-state index contributed by atoms with van der Waals surface area (Å²) in [6, 6.07) is 32.9. The van der Waals surface area contributed by atoms with Crippen molar-refractivity contribution in [3.8, 4) is 34.1 Å². The third-order valence-corrected chi connectivity index (χ3v) is 7.97. The number of carbonyl (C=O) groups is 2. The lowest BCUT2D eigenvalue weighted by atomic mass is 9.87. The van der Waals surface area contributed by atoms with Crippen molar-refractivity contribution in [3.05, 3.63) is 132 Å². The molecule has 0 aliphatic rings. The van der Waals surface area contributed by atoms with Crippen molar-refractivity contribution in [1.29, 1.82) is 0 Å². The van der Waals surface area contributed by atoms with Crippen LogP contribution in [0.4, 0.5) is 0 Å². The molecule has 2 heterocycles. The summed E-state index contributed by atoms with van der Waals surface area (Å²) in [4.78, 5) is 30.7. The van der Waals surface area contributed by atoms with Gasteiger partial charge in [-0.25, -0.2) is 4.68 Å². The Bertz CT molecular complexity index is 2040. The van der Waals surface area contributed by atoms with Crippen LogP contribution in [-0.2, 0) is 16.6 Å². The highest BCUT2D eigenvalue weighted by Gasteiger charge is 2.20. The van der Waals surface area contributed by atoms with Crippen LogP contribution in [0.2, 0.25) is 0 Å². The number of fused-ring (bicyclic) bond motifs is 1. The second-order valence-corrected chi connectivity index (χ2v) is 12.4. The van der Waals surface area contributed by atoms with Crippen molar-refractivity contribution in [2.24, 2.45) is 5.73 Å². The van der Waals surface area contributed by atoms with Gasteiger partial charge in [-0.2, -0.15) is 5.10 Å². The van der Waals surface area contributed by atoms with E-state index in [0.29, 0.717) is 11.3 Å². The van der Waals surface area contributed by atoms with Crippen LogP contribution in [0, 0.1) is 0 Å². The van der Waals surface area contributed by atoms with E-state index in [9.17, 15) is 14.7 Å². The maximum atomic E-state index is 13.2. The lowest BCUT2D eigenvalue weighted by Crippen LogP contribution is -2.44. The first-order valence-corrected chi connectivity index (χ1v) is 15.1. The molecule has 8 heteroatoms. The third kappa shape index (κ3) is 6.57. The zero-order valence-electron chi connectivity index (χ0n) is 25.9. The van der Waals surface area contributed by atoms with Gasteiger partial charge in [0.15, 0.2) is 0 Å². The largest absolute Gasteiger partial charge is 0.508 e. The first kappa shape index (κ1) is 30.4. The number of benzene rings is 4. The molecule has 0 saturated heterocycles. The van der Waals surface area contributed by atoms with Gasteiger partial charge in [-0.3, -0.25) is 19.9 Å². The number of hydrogen-bond acceptors (Lipinski definition) is 6. The minimum Gasteiger partial charge on any atom is -0.508 e. The molecular weight excluding hydrogens is 574 g/mol.